The fourth-order valence-corrected chi connectivity index (χ4v) is 4.74. The van der Waals surface area contributed by atoms with E-state index in [1.807, 2.05) is 0 Å². The minimum absolute atomic E-state index is 0.220. The number of nitrogens with one attached hydrogen (secondary N) is 1. The Labute approximate surface area is 197 Å². The van der Waals surface area contributed by atoms with Crippen LogP contribution in [0, 0.1) is 11.3 Å². The van der Waals surface area contributed by atoms with Gasteiger partial charge < -0.3 is 0 Å². The van der Waals surface area contributed by atoms with Crippen molar-refractivity contribution >= 4 is 32.5 Å². The molecule has 1 aromatic carbocycles. The first kappa shape index (κ1) is 23.7. The molecule has 0 unspecified atom stereocenters. The predicted molar refractivity (Wildman–Crippen MR) is 120 cm³/mol. The van der Waals surface area contributed by atoms with Gasteiger partial charge in [0, 0.05) is 22.8 Å². The van der Waals surface area contributed by atoms with Gasteiger partial charge in [0.15, 0.2) is 0 Å². The van der Waals surface area contributed by atoms with E-state index in [4.69, 9.17) is 11.6 Å². The quantitative estimate of drug-likeness (QED) is 0.418. The molecular weight excluding hydrogens is 491 g/mol. The molecule has 0 fully saturated rings. The normalized spacial score (nSPS) is 13.1. The van der Waals surface area contributed by atoms with Gasteiger partial charge >= 0.3 is 6.18 Å². The standard InChI is InChI=1S/C22H15ClF3N5O2S/c1-13(22(24,25)26)30-34(32,33)15-6-7-18(29-12-15)21-17(11-27)16-10-14(23)5-8-19(16)31(21)20-4-2-3-9-28-20/h2-10,12-13,30H,1H3/t13-/m0/s1. The van der Waals surface area contributed by atoms with Crippen LogP contribution in [0.25, 0.3) is 28.1 Å². The molecule has 4 aromatic rings. The molecule has 0 saturated heterocycles. The van der Waals surface area contributed by atoms with Crippen molar-refractivity contribution in [2.45, 2.75) is 24.0 Å². The molecule has 174 valence electrons. The van der Waals surface area contributed by atoms with Gasteiger partial charge in [-0.3, -0.25) is 9.55 Å². The zero-order chi connectivity index (χ0) is 24.7. The largest absolute Gasteiger partial charge is 0.404 e. The molecule has 0 aliphatic rings. The minimum atomic E-state index is -4.74. The van der Waals surface area contributed by atoms with E-state index in [-0.39, 0.29) is 11.3 Å². The maximum absolute atomic E-state index is 12.8. The molecule has 0 spiro atoms. The Kier molecular flexibility index (Phi) is 6.07. The number of pyridine rings is 2. The SMILES string of the molecule is C[C@H](NS(=O)(=O)c1ccc(-c2c(C#N)c3cc(Cl)ccc3n2-c2ccccn2)nc1)C(F)(F)F. The molecule has 1 N–H and O–H groups in total. The molecule has 1 atom stereocenters. The minimum Gasteiger partial charge on any atom is -0.291 e. The molecular formula is C22H15ClF3N5O2S. The van der Waals surface area contributed by atoms with Gasteiger partial charge in [0.05, 0.1) is 22.5 Å². The first-order valence-corrected chi connectivity index (χ1v) is 11.6. The van der Waals surface area contributed by atoms with E-state index < -0.39 is 27.1 Å². The number of nitriles is 1. The third-order valence-electron chi connectivity index (χ3n) is 5.03. The Bertz CT molecular complexity index is 1510. The van der Waals surface area contributed by atoms with Gasteiger partial charge in [0.1, 0.15) is 22.8 Å². The van der Waals surface area contributed by atoms with Crippen molar-refractivity contribution in [3.05, 3.63) is 71.5 Å². The Morgan fingerprint density at radius 2 is 1.91 bits per heavy atom. The number of alkyl halides is 3. The highest BCUT2D eigenvalue weighted by Gasteiger charge is 2.39. The second-order valence-electron chi connectivity index (χ2n) is 7.28. The number of rotatable bonds is 5. The van der Waals surface area contributed by atoms with E-state index in [1.165, 1.54) is 6.07 Å². The summed E-state index contributed by atoms with van der Waals surface area (Å²) in [5.74, 6) is 0.477. The summed E-state index contributed by atoms with van der Waals surface area (Å²) in [7, 11) is -4.48. The van der Waals surface area contributed by atoms with Crippen LogP contribution in [-0.2, 0) is 10.0 Å². The van der Waals surface area contributed by atoms with Gasteiger partial charge in [-0.1, -0.05) is 17.7 Å². The summed E-state index contributed by atoms with van der Waals surface area (Å²) in [4.78, 5) is 8.06. The van der Waals surface area contributed by atoms with Crippen LogP contribution < -0.4 is 4.72 Å². The number of hydrogen-bond donors (Lipinski definition) is 1. The van der Waals surface area contributed by atoms with Crippen molar-refractivity contribution in [3.8, 4) is 23.3 Å². The second kappa shape index (κ2) is 8.72. The lowest BCUT2D eigenvalue weighted by Gasteiger charge is -2.17. The van der Waals surface area contributed by atoms with Crippen molar-refractivity contribution in [1.82, 2.24) is 19.3 Å². The molecule has 7 nitrogen and oxygen atoms in total. The van der Waals surface area contributed by atoms with Crippen LogP contribution in [0.5, 0.6) is 0 Å². The summed E-state index contributed by atoms with van der Waals surface area (Å²) in [6.45, 7) is 0.703. The molecule has 0 amide bonds. The molecule has 12 heteroatoms. The number of fused-ring (bicyclic) bond motifs is 1. The van der Waals surface area contributed by atoms with E-state index in [1.54, 1.807) is 51.9 Å². The number of sulfonamides is 1. The summed E-state index contributed by atoms with van der Waals surface area (Å²) in [6.07, 6.45) is -2.23. The lowest BCUT2D eigenvalue weighted by molar-refractivity contribution is -0.147. The lowest BCUT2D eigenvalue weighted by Crippen LogP contribution is -2.42. The average molecular weight is 506 g/mol. The summed E-state index contributed by atoms with van der Waals surface area (Å²) in [6, 6.07) is 12.5. The molecule has 3 aromatic heterocycles. The fourth-order valence-electron chi connectivity index (χ4n) is 3.39. The van der Waals surface area contributed by atoms with Crippen molar-refractivity contribution in [1.29, 1.82) is 5.26 Å². The van der Waals surface area contributed by atoms with Gasteiger partial charge in [-0.2, -0.15) is 23.2 Å². The highest BCUT2D eigenvalue weighted by atomic mass is 35.5. The smallest absolute Gasteiger partial charge is 0.291 e. The zero-order valence-corrected chi connectivity index (χ0v) is 18.9. The number of aromatic nitrogens is 3. The molecule has 34 heavy (non-hydrogen) atoms. The third-order valence-corrected chi connectivity index (χ3v) is 6.79. The van der Waals surface area contributed by atoms with Crippen LogP contribution in [0.4, 0.5) is 13.2 Å². The van der Waals surface area contributed by atoms with Crippen LogP contribution in [-0.4, -0.2) is 35.2 Å². The van der Waals surface area contributed by atoms with Crippen molar-refractivity contribution in [2.24, 2.45) is 0 Å². The van der Waals surface area contributed by atoms with Gasteiger partial charge in [-0.05, 0) is 49.4 Å². The van der Waals surface area contributed by atoms with Crippen LogP contribution >= 0.6 is 11.6 Å². The topological polar surface area (TPSA) is 101 Å². The predicted octanol–water partition coefficient (Wildman–Crippen LogP) is 4.84. The summed E-state index contributed by atoms with van der Waals surface area (Å²) in [5.41, 5.74) is 1.40. The highest BCUT2D eigenvalue weighted by Crippen LogP contribution is 2.36. The van der Waals surface area contributed by atoms with Gasteiger partial charge in [0.2, 0.25) is 10.0 Å². The van der Waals surface area contributed by atoms with Crippen molar-refractivity contribution in [2.75, 3.05) is 0 Å². The van der Waals surface area contributed by atoms with Gasteiger partial charge in [-0.15, -0.1) is 0 Å². The number of nitrogens with zero attached hydrogens (tertiary/aromatic N) is 4. The Morgan fingerprint density at radius 1 is 1.15 bits per heavy atom. The number of halogens is 4. The summed E-state index contributed by atoms with van der Waals surface area (Å²) in [5, 5.41) is 10.9. The van der Waals surface area contributed by atoms with Gasteiger partial charge in [-0.25, -0.2) is 13.4 Å². The third kappa shape index (κ3) is 4.35. The molecule has 0 aliphatic heterocycles. The Morgan fingerprint density at radius 3 is 2.50 bits per heavy atom. The number of hydrogen-bond acceptors (Lipinski definition) is 5. The average Bonchev–Trinajstić information content (AvgIpc) is 3.12. The second-order valence-corrected chi connectivity index (χ2v) is 9.43. The lowest BCUT2D eigenvalue weighted by atomic mass is 10.1. The fraction of sp³-hybridized carbons (Fsp3) is 0.136. The maximum atomic E-state index is 12.8. The molecule has 0 aliphatic carbocycles. The van der Waals surface area contributed by atoms with Crippen LogP contribution in [0.2, 0.25) is 5.02 Å². The highest BCUT2D eigenvalue weighted by molar-refractivity contribution is 7.89. The zero-order valence-electron chi connectivity index (χ0n) is 17.4. The molecule has 0 radical (unpaired) electrons. The Balaban J connectivity index is 1.87. The van der Waals surface area contributed by atoms with E-state index in [0.29, 0.717) is 34.4 Å². The monoisotopic (exact) mass is 505 g/mol. The van der Waals surface area contributed by atoms with Crippen molar-refractivity contribution < 1.29 is 21.6 Å². The van der Waals surface area contributed by atoms with E-state index in [9.17, 15) is 26.9 Å². The van der Waals surface area contributed by atoms with E-state index >= 15 is 0 Å². The van der Waals surface area contributed by atoms with Crippen LogP contribution in [0.15, 0.2) is 65.8 Å². The molecule has 4 rings (SSSR count). The van der Waals surface area contributed by atoms with E-state index in [0.717, 1.165) is 12.3 Å². The first-order chi connectivity index (χ1) is 16.0. The van der Waals surface area contributed by atoms with Gasteiger partial charge in [0.25, 0.3) is 0 Å². The summed E-state index contributed by atoms with van der Waals surface area (Å²) >= 11 is 6.14. The molecule has 3 heterocycles. The van der Waals surface area contributed by atoms with E-state index in [2.05, 4.69) is 16.0 Å². The molecule has 0 bridgehead atoms. The van der Waals surface area contributed by atoms with Crippen molar-refractivity contribution in [3.63, 3.8) is 0 Å². The van der Waals surface area contributed by atoms with Crippen LogP contribution in [0.3, 0.4) is 0 Å². The maximum Gasteiger partial charge on any atom is 0.404 e. The van der Waals surface area contributed by atoms with Crippen LogP contribution in [0.1, 0.15) is 12.5 Å². The molecule has 0 saturated carbocycles. The number of benzene rings is 1. The first-order valence-electron chi connectivity index (χ1n) is 9.74. The summed E-state index contributed by atoms with van der Waals surface area (Å²) < 4.78 is 66.5. The Hall–Kier alpha value is -3.46.